The second-order valence-electron chi connectivity index (χ2n) is 6.63. The first-order valence-corrected chi connectivity index (χ1v) is 8.59. The molecule has 0 bridgehead atoms. The minimum atomic E-state index is -1.74. The third-order valence-corrected chi connectivity index (χ3v) is 4.55. The summed E-state index contributed by atoms with van der Waals surface area (Å²) >= 11 is 0. The number of H-pyrrole nitrogens is 1. The lowest BCUT2D eigenvalue weighted by atomic mass is 9.96. The molecule has 152 valence electrons. The third-order valence-electron chi connectivity index (χ3n) is 4.55. The number of aromatic amines is 1. The second kappa shape index (κ2) is 7.81. The summed E-state index contributed by atoms with van der Waals surface area (Å²) in [6.45, 7) is 2.86. The number of carboxylic acid groups (broad SMARTS) is 1. The van der Waals surface area contributed by atoms with Gasteiger partial charge in [-0.05, 0) is 32.1 Å². The van der Waals surface area contributed by atoms with Gasteiger partial charge in [0.15, 0.2) is 11.8 Å². The van der Waals surface area contributed by atoms with E-state index in [-0.39, 0.29) is 5.56 Å². The maximum atomic E-state index is 12.2. The molecule has 3 heterocycles. The monoisotopic (exact) mass is 401 g/mol. The standard InChI is InChI=1S/C18H19N5O6/c1-10-9-23(17(28)20-14(10)24)13-4-3-12(29-13)18(2,16(26)27)22-21-15(25)11-5-7-19-8-6-11/h3-9,12-13,22H,1-2H3,(H,21,25)(H,26,27)(H,20,24,28). The Hall–Kier alpha value is -3.57. The minimum absolute atomic E-state index is 0.288. The van der Waals surface area contributed by atoms with Crippen molar-refractivity contribution in [3.8, 4) is 0 Å². The highest BCUT2D eigenvalue weighted by atomic mass is 16.5. The molecule has 29 heavy (non-hydrogen) atoms. The minimum Gasteiger partial charge on any atom is -0.480 e. The SMILES string of the molecule is Cc1cn(C2C=CC(C(C)(NNC(=O)c3ccncc3)C(=O)O)O2)c(=O)[nH]c1=O. The van der Waals surface area contributed by atoms with Crippen molar-refractivity contribution in [2.75, 3.05) is 0 Å². The molecule has 11 nitrogen and oxygen atoms in total. The van der Waals surface area contributed by atoms with E-state index in [1.165, 1.54) is 56.7 Å². The molecule has 1 aliphatic rings. The topological polar surface area (TPSA) is 155 Å². The van der Waals surface area contributed by atoms with Gasteiger partial charge in [0.2, 0.25) is 0 Å². The number of carbonyl (C=O) groups is 2. The van der Waals surface area contributed by atoms with Crippen molar-refractivity contribution in [1.29, 1.82) is 0 Å². The smallest absolute Gasteiger partial charge is 0.330 e. The Morgan fingerprint density at radius 1 is 1.28 bits per heavy atom. The number of hydrogen-bond donors (Lipinski definition) is 4. The molecule has 3 atom stereocenters. The van der Waals surface area contributed by atoms with Gasteiger partial charge in [0.1, 0.15) is 6.10 Å². The molecule has 3 unspecified atom stereocenters. The highest BCUT2D eigenvalue weighted by Crippen LogP contribution is 2.27. The van der Waals surface area contributed by atoms with E-state index in [9.17, 15) is 24.3 Å². The quantitative estimate of drug-likeness (QED) is 0.372. The van der Waals surface area contributed by atoms with E-state index in [0.717, 1.165) is 4.57 Å². The molecule has 2 aromatic rings. The van der Waals surface area contributed by atoms with Crippen LogP contribution in [0.3, 0.4) is 0 Å². The van der Waals surface area contributed by atoms with Crippen LogP contribution in [0.5, 0.6) is 0 Å². The molecule has 11 heteroatoms. The average molecular weight is 401 g/mol. The zero-order valence-electron chi connectivity index (χ0n) is 15.6. The van der Waals surface area contributed by atoms with E-state index in [2.05, 4.69) is 20.8 Å². The number of hydrogen-bond acceptors (Lipinski definition) is 7. The fraction of sp³-hybridized carbons (Fsp3) is 0.278. The zero-order valence-corrected chi connectivity index (χ0v) is 15.6. The van der Waals surface area contributed by atoms with Crippen LogP contribution >= 0.6 is 0 Å². The van der Waals surface area contributed by atoms with Crippen LogP contribution < -0.4 is 22.1 Å². The van der Waals surface area contributed by atoms with Crippen molar-refractivity contribution in [3.05, 3.63) is 74.8 Å². The van der Waals surface area contributed by atoms with E-state index in [1.54, 1.807) is 0 Å². The van der Waals surface area contributed by atoms with Crippen molar-refractivity contribution in [2.24, 2.45) is 0 Å². The number of aliphatic carboxylic acids is 1. The van der Waals surface area contributed by atoms with Gasteiger partial charge in [0, 0.05) is 29.7 Å². The van der Waals surface area contributed by atoms with Crippen molar-refractivity contribution in [3.63, 3.8) is 0 Å². The Morgan fingerprint density at radius 2 is 1.97 bits per heavy atom. The lowest BCUT2D eigenvalue weighted by molar-refractivity contribution is -0.151. The first kappa shape index (κ1) is 20.2. The summed E-state index contributed by atoms with van der Waals surface area (Å²) in [5.74, 6) is -1.83. The molecule has 0 radical (unpaired) electrons. The summed E-state index contributed by atoms with van der Waals surface area (Å²) < 4.78 is 6.86. The molecule has 2 aromatic heterocycles. The highest BCUT2D eigenvalue weighted by molar-refractivity contribution is 5.94. The number of aromatic nitrogens is 3. The molecule has 1 amide bonds. The molecular formula is C18H19N5O6. The molecule has 0 aliphatic carbocycles. The van der Waals surface area contributed by atoms with E-state index >= 15 is 0 Å². The van der Waals surface area contributed by atoms with Crippen LogP contribution in [0.4, 0.5) is 0 Å². The van der Waals surface area contributed by atoms with Gasteiger partial charge in [0.05, 0.1) is 0 Å². The van der Waals surface area contributed by atoms with E-state index < -0.39 is 41.0 Å². The van der Waals surface area contributed by atoms with Gasteiger partial charge in [-0.1, -0.05) is 6.08 Å². The van der Waals surface area contributed by atoms with Crippen LogP contribution in [-0.4, -0.2) is 43.2 Å². The molecule has 0 fully saturated rings. The number of hydrazine groups is 1. The Morgan fingerprint density at radius 3 is 2.62 bits per heavy atom. The molecule has 4 N–H and O–H groups in total. The summed E-state index contributed by atoms with van der Waals surface area (Å²) in [7, 11) is 0. The van der Waals surface area contributed by atoms with Gasteiger partial charge in [-0.3, -0.25) is 34.3 Å². The van der Waals surface area contributed by atoms with Crippen LogP contribution in [-0.2, 0) is 9.53 Å². The zero-order chi connectivity index (χ0) is 21.2. The van der Waals surface area contributed by atoms with E-state index in [0.29, 0.717) is 5.56 Å². The van der Waals surface area contributed by atoms with Crippen molar-refractivity contribution < 1.29 is 19.4 Å². The van der Waals surface area contributed by atoms with Gasteiger partial charge in [-0.15, -0.1) is 0 Å². The van der Waals surface area contributed by atoms with Crippen LogP contribution in [0.2, 0.25) is 0 Å². The number of nitrogens with zero attached hydrogens (tertiary/aromatic N) is 2. The predicted molar refractivity (Wildman–Crippen MR) is 100.0 cm³/mol. The van der Waals surface area contributed by atoms with Gasteiger partial charge in [-0.25, -0.2) is 10.2 Å². The summed E-state index contributed by atoms with van der Waals surface area (Å²) in [5.41, 5.74) is 2.50. The first-order chi connectivity index (χ1) is 13.7. The number of pyridine rings is 1. The molecule has 3 rings (SSSR count). The maximum Gasteiger partial charge on any atom is 0.330 e. The lowest BCUT2D eigenvalue weighted by Gasteiger charge is -2.32. The number of ether oxygens (including phenoxy) is 1. The van der Waals surface area contributed by atoms with Crippen molar-refractivity contribution >= 4 is 11.9 Å². The fourth-order valence-corrected chi connectivity index (χ4v) is 2.71. The Labute approximate surface area is 164 Å². The van der Waals surface area contributed by atoms with Gasteiger partial charge in [-0.2, -0.15) is 0 Å². The van der Waals surface area contributed by atoms with E-state index in [1.807, 2.05) is 0 Å². The van der Waals surface area contributed by atoms with Crippen LogP contribution in [0.1, 0.15) is 29.1 Å². The molecule has 0 saturated heterocycles. The highest BCUT2D eigenvalue weighted by Gasteiger charge is 2.45. The Bertz CT molecular complexity index is 1080. The number of nitrogens with one attached hydrogen (secondary N) is 3. The first-order valence-electron chi connectivity index (χ1n) is 8.59. The summed E-state index contributed by atoms with van der Waals surface area (Å²) in [5, 5.41) is 9.71. The summed E-state index contributed by atoms with van der Waals surface area (Å²) in [6.07, 6.45) is 5.22. The number of carbonyl (C=O) groups excluding carboxylic acids is 1. The number of carboxylic acids is 1. The largest absolute Gasteiger partial charge is 0.480 e. The normalized spacial score (nSPS) is 20.2. The summed E-state index contributed by atoms with van der Waals surface area (Å²) in [4.78, 5) is 53.6. The van der Waals surface area contributed by atoms with Crippen LogP contribution in [0, 0.1) is 6.92 Å². The summed E-state index contributed by atoms with van der Waals surface area (Å²) in [6, 6.07) is 2.95. The second-order valence-corrected chi connectivity index (χ2v) is 6.63. The van der Waals surface area contributed by atoms with Crippen molar-refractivity contribution in [2.45, 2.75) is 31.7 Å². The number of amides is 1. The Kier molecular flexibility index (Phi) is 5.43. The lowest BCUT2D eigenvalue weighted by Crippen LogP contribution is -2.63. The molecule has 0 saturated carbocycles. The Balaban J connectivity index is 1.76. The molecule has 1 aliphatic heterocycles. The van der Waals surface area contributed by atoms with Crippen LogP contribution in [0.25, 0.3) is 0 Å². The third kappa shape index (κ3) is 4.00. The van der Waals surface area contributed by atoms with Gasteiger partial charge in [0.25, 0.3) is 11.5 Å². The van der Waals surface area contributed by atoms with Crippen LogP contribution in [0.15, 0.2) is 52.5 Å². The average Bonchev–Trinajstić information content (AvgIpc) is 3.19. The maximum absolute atomic E-state index is 12.2. The van der Waals surface area contributed by atoms with Gasteiger partial charge >= 0.3 is 11.7 Å². The fourth-order valence-electron chi connectivity index (χ4n) is 2.71. The number of aryl methyl sites for hydroxylation is 1. The van der Waals surface area contributed by atoms with E-state index in [4.69, 9.17) is 4.74 Å². The molecular weight excluding hydrogens is 382 g/mol. The molecule has 0 spiro atoms. The predicted octanol–water partition coefficient (Wildman–Crippen LogP) is -0.528. The van der Waals surface area contributed by atoms with Crippen molar-refractivity contribution in [1.82, 2.24) is 25.4 Å². The van der Waals surface area contributed by atoms with Gasteiger partial charge < -0.3 is 9.84 Å². The molecule has 0 aromatic carbocycles. The number of rotatable bonds is 6.